The number of para-hydroxylation sites is 1. The van der Waals surface area contributed by atoms with E-state index in [1.54, 1.807) is 0 Å². The van der Waals surface area contributed by atoms with Crippen molar-refractivity contribution in [2.45, 2.75) is 0 Å². The summed E-state index contributed by atoms with van der Waals surface area (Å²) in [6, 6.07) is 54.5. The van der Waals surface area contributed by atoms with Crippen LogP contribution in [0.3, 0.4) is 0 Å². The predicted octanol–water partition coefficient (Wildman–Crippen LogP) is 10.7. The van der Waals surface area contributed by atoms with E-state index in [0.29, 0.717) is 5.82 Å². The van der Waals surface area contributed by atoms with Crippen LogP contribution in [0.4, 0.5) is 0 Å². The summed E-state index contributed by atoms with van der Waals surface area (Å²) >= 11 is 0. The number of aromatic nitrogens is 2. The molecule has 6 aromatic carbocycles. The zero-order valence-electron chi connectivity index (χ0n) is 23.3. The molecule has 2 aromatic heterocycles. The number of benzene rings is 6. The van der Waals surface area contributed by atoms with Crippen LogP contribution in [-0.2, 0) is 0 Å². The molecule has 0 amide bonds. The van der Waals surface area contributed by atoms with Crippen LogP contribution in [0.25, 0.3) is 78.1 Å². The topological polar surface area (TPSA) is 38.9 Å². The molecule has 202 valence electrons. The molecule has 0 radical (unpaired) electrons. The second-order valence-electron chi connectivity index (χ2n) is 10.7. The van der Waals surface area contributed by atoms with Gasteiger partial charge in [0.1, 0.15) is 11.2 Å². The Kier molecular flexibility index (Phi) is 6.12. The number of hydrogen-bond acceptors (Lipinski definition) is 3. The molecule has 0 spiro atoms. The molecule has 2 heterocycles. The number of furan rings is 1. The largest absolute Gasteiger partial charge is 0.456 e. The standard InChI is InChI=1S/C40H26N2O/c1-3-10-27(11-4-1)28-18-20-29(21-19-28)31-14-9-15-32(24-31)36-26-37(42-40(41-36)30-12-5-2-6-13-30)33-22-23-35-34-16-7-8-17-38(34)43-39(35)25-33/h1-26H. The van der Waals surface area contributed by atoms with Gasteiger partial charge in [-0.05, 0) is 52.6 Å². The predicted molar refractivity (Wildman–Crippen MR) is 176 cm³/mol. The Morgan fingerprint density at radius 1 is 0.326 bits per heavy atom. The summed E-state index contributed by atoms with van der Waals surface area (Å²) in [6.45, 7) is 0. The Balaban J connectivity index is 1.22. The Morgan fingerprint density at radius 3 is 1.58 bits per heavy atom. The zero-order chi connectivity index (χ0) is 28.6. The first-order valence-electron chi connectivity index (χ1n) is 14.4. The Bertz CT molecular complexity index is 2220. The van der Waals surface area contributed by atoms with Crippen LogP contribution in [0.2, 0.25) is 0 Å². The molecule has 0 saturated carbocycles. The Labute approximate surface area is 249 Å². The van der Waals surface area contributed by atoms with Crippen LogP contribution in [0.1, 0.15) is 0 Å². The second kappa shape index (κ2) is 10.6. The highest BCUT2D eigenvalue weighted by atomic mass is 16.3. The zero-order valence-corrected chi connectivity index (χ0v) is 23.3. The Morgan fingerprint density at radius 2 is 0.837 bits per heavy atom. The quantitative estimate of drug-likeness (QED) is 0.214. The molecule has 0 saturated heterocycles. The minimum absolute atomic E-state index is 0.690. The van der Waals surface area contributed by atoms with Crippen molar-refractivity contribution in [3.8, 4) is 56.2 Å². The summed E-state index contributed by atoms with van der Waals surface area (Å²) in [5, 5.41) is 2.22. The summed E-state index contributed by atoms with van der Waals surface area (Å²) in [6.07, 6.45) is 0. The molecule has 3 nitrogen and oxygen atoms in total. The van der Waals surface area contributed by atoms with Crippen molar-refractivity contribution in [2.75, 3.05) is 0 Å². The van der Waals surface area contributed by atoms with Gasteiger partial charge in [-0.3, -0.25) is 0 Å². The lowest BCUT2D eigenvalue weighted by Crippen LogP contribution is -1.96. The van der Waals surface area contributed by atoms with Crippen molar-refractivity contribution in [3.63, 3.8) is 0 Å². The molecule has 8 aromatic rings. The lowest BCUT2D eigenvalue weighted by atomic mass is 9.98. The van der Waals surface area contributed by atoms with Crippen molar-refractivity contribution < 1.29 is 4.42 Å². The SMILES string of the molecule is c1ccc(-c2ccc(-c3cccc(-c4cc(-c5ccc6c(c5)oc5ccccc56)nc(-c5ccccc5)n4)c3)cc2)cc1. The van der Waals surface area contributed by atoms with Crippen molar-refractivity contribution in [1.29, 1.82) is 0 Å². The van der Waals surface area contributed by atoms with Crippen LogP contribution in [-0.4, -0.2) is 9.97 Å². The van der Waals surface area contributed by atoms with Crippen molar-refractivity contribution >= 4 is 21.9 Å². The lowest BCUT2D eigenvalue weighted by Gasteiger charge is -2.11. The number of rotatable bonds is 5. The average Bonchev–Trinajstić information content (AvgIpc) is 3.47. The normalized spacial score (nSPS) is 11.3. The van der Waals surface area contributed by atoms with Crippen molar-refractivity contribution in [3.05, 3.63) is 158 Å². The number of fused-ring (bicyclic) bond motifs is 3. The fourth-order valence-electron chi connectivity index (χ4n) is 5.69. The molecular weight excluding hydrogens is 524 g/mol. The fraction of sp³-hybridized carbons (Fsp3) is 0. The highest BCUT2D eigenvalue weighted by Gasteiger charge is 2.14. The van der Waals surface area contributed by atoms with E-state index in [2.05, 4.69) is 115 Å². The fourth-order valence-corrected chi connectivity index (χ4v) is 5.69. The summed E-state index contributed by atoms with van der Waals surface area (Å²) in [5.74, 6) is 0.690. The summed E-state index contributed by atoms with van der Waals surface area (Å²) < 4.78 is 6.20. The summed E-state index contributed by atoms with van der Waals surface area (Å²) in [4.78, 5) is 10.1. The minimum atomic E-state index is 0.690. The van der Waals surface area contributed by atoms with Crippen LogP contribution in [0.15, 0.2) is 162 Å². The summed E-state index contributed by atoms with van der Waals surface area (Å²) in [7, 11) is 0. The van der Waals surface area contributed by atoms with Crippen LogP contribution in [0.5, 0.6) is 0 Å². The highest BCUT2D eigenvalue weighted by molar-refractivity contribution is 6.05. The maximum absolute atomic E-state index is 6.20. The molecule has 0 aliphatic carbocycles. The Hall–Kier alpha value is -5.80. The molecule has 0 fully saturated rings. The van der Waals surface area contributed by atoms with Crippen LogP contribution < -0.4 is 0 Å². The van der Waals surface area contributed by atoms with Crippen LogP contribution in [0, 0.1) is 0 Å². The van der Waals surface area contributed by atoms with E-state index in [4.69, 9.17) is 14.4 Å². The summed E-state index contributed by atoms with van der Waals surface area (Å²) in [5.41, 5.74) is 11.2. The van der Waals surface area contributed by atoms with Gasteiger partial charge in [-0.1, -0.05) is 127 Å². The molecule has 43 heavy (non-hydrogen) atoms. The van der Waals surface area contributed by atoms with E-state index in [1.165, 1.54) is 11.1 Å². The third kappa shape index (κ3) is 4.77. The molecule has 0 N–H and O–H groups in total. The van der Waals surface area contributed by atoms with E-state index < -0.39 is 0 Å². The third-order valence-corrected chi connectivity index (χ3v) is 7.92. The van der Waals surface area contributed by atoms with Crippen molar-refractivity contribution in [1.82, 2.24) is 9.97 Å². The van der Waals surface area contributed by atoms with Gasteiger partial charge in [-0.25, -0.2) is 9.97 Å². The van der Waals surface area contributed by atoms with Gasteiger partial charge in [0.05, 0.1) is 11.4 Å². The molecule has 0 aliphatic heterocycles. The third-order valence-electron chi connectivity index (χ3n) is 7.92. The average molecular weight is 551 g/mol. The highest BCUT2D eigenvalue weighted by Crippen LogP contribution is 2.34. The monoisotopic (exact) mass is 550 g/mol. The number of hydrogen-bond donors (Lipinski definition) is 0. The molecule has 0 atom stereocenters. The van der Waals surface area contributed by atoms with Gasteiger partial charge < -0.3 is 4.42 Å². The van der Waals surface area contributed by atoms with Gasteiger partial charge in [0.25, 0.3) is 0 Å². The molecular formula is C40H26N2O. The van der Waals surface area contributed by atoms with E-state index in [0.717, 1.165) is 61.1 Å². The molecule has 3 heteroatoms. The van der Waals surface area contributed by atoms with Gasteiger partial charge in [0.2, 0.25) is 0 Å². The molecule has 0 bridgehead atoms. The molecule has 0 aliphatic rings. The first-order chi connectivity index (χ1) is 21.3. The first-order valence-corrected chi connectivity index (χ1v) is 14.4. The van der Waals surface area contributed by atoms with E-state index in [-0.39, 0.29) is 0 Å². The van der Waals surface area contributed by atoms with Gasteiger partial charge in [0.15, 0.2) is 5.82 Å². The molecule has 0 unspecified atom stereocenters. The maximum atomic E-state index is 6.20. The van der Waals surface area contributed by atoms with Crippen molar-refractivity contribution in [2.24, 2.45) is 0 Å². The molecule has 8 rings (SSSR count). The lowest BCUT2D eigenvalue weighted by molar-refractivity contribution is 0.669. The van der Waals surface area contributed by atoms with E-state index >= 15 is 0 Å². The van der Waals surface area contributed by atoms with Gasteiger partial charge >= 0.3 is 0 Å². The maximum Gasteiger partial charge on any atom is 0.160 e. The van der Waals surface area contributed by atoms with Crippen LogP contribution >= 0.6 is 0 Å². The van der Waals surface area contributed by atoms with Gasteiger partial charge in [-0.2, -0.15) is 0 Å². The van der Waals surface area contributed by atoms with Gasteiger partial charge in [-0.15, -0.1) is 0 Å². The number of nitrogens with zero attached hydrogens (tertiary/aromatic N) is 2. The van der Waals surface area contributed by atoms with Gasteiger partial charge in [0, 0.05) is 27.5 Å². The second-order valence-corrected chi connectivity index (χ2v) is 10.7. The van der Waals surface area contributed by atoms with E-state index in [9.17, 15) is 0 Å². The van der Waals surface area contributed by atoms with E-state index in [1.807, 2.05) is 42.5 Å². The first kappa shape index (κ1) is 25.0. The smallest absolute Gasteiger partial charge is 0.160 e. The minimum Gasteiger partial charge on any atom is -0.456 e.